The number of ether oxygens (including phenoxy) is 1. The van der Waals surface area contributed by atoms with Gasteiger partial charge in [0.05, 0.1) is 11.5 Å². The summed E-state index contributed by atoms with van der Waals surface area (Å²) in [5.41, 5.74) is 4.73. The van der Waals surface area contributed by atoms with Crippen LogP contribution in [0, 0.1) is 0 Å². The molecule has 0 saturated carbocycles. The molecule has 26 heavy (non-hydrogen) atoms. The number of carbonyl (C=O) groups excluding carboxylic acids is 1. The third-order valence-corrected chi connectivity index (χ3v) is 6.30. The van der Waals surface area contributed by atoms with Crippen molar-refractivity contribution in [2.45, 2.75) is 24.0 Å². The summed E-state index contributed by atoms with van der Waals surface area (Å²) >= 11 is 3.48. The number of nitrogens with one attached hydrogen (secondary N) is 1. The molecule has 1 fully saturated rings. The standard InChI is InChI=1S/C20H22N2O2S2/c1-15(26-12-16-6-3-2-4-7-16)20(23)22-21-11-17-8-5-9-18(10-17)24-19-13-25-14-19/h2-11,15,19H,12-14H2,1H3,(H,22,23). The van der Waals surface area contributed by atoms with Gasteiger partial charge in [-0.3, -0.25) is 4.79 Å². The maximum absolute atomic E-state index is 12.1. The highest BCUT2D eigenvalue weighted by Crippen LogP contribution is 2.24. The number of benzene rings is 2. The predicted octanol–water partition coefficient (Wildman–Crippen LogP) is 3.95. The maximum Gasteiger partial charge on any atom is 0.252 e. The third kappa shape index (κ3) is 5.81. The second-order valence-electron chi connectivity index (χ2n) is 6.02. The summed E-state index contributed by atoms with van der Waals surface area (Å²) in [6.07, 6.45) is 1.96. The van der Waals surface area contributed by atoms with Gasteiger partial charge in [-0.2, -0.15) is 16.9 Å². The molecule has 3 rings (SSSR count). The highest BCUT2D eigenvalue weighted by atomic mass is 32.2. The number of hydrogen-bond donors (Lipinski definition) is 1. The van der Waals surface area contributed by atoms with Crippen LogP contribution in [0.5, 0.6) is 5.75 Å². The van der Waals surface area contributed by atoms with Crippen LogP contribution in [0.4, 0.5) is 0 Å². The first-order valence-corrected chi connectivity index (χ1v) is 10.7. The smallest absolute Gasteiger partial charge is 0.252 e. The van der Waals surface area contributed by atoms with Crippen LogP contribution < -0.4 is 10.2 Å². The van der Waals surface area contributed by atoms with E-state index in [1.807, 2.05) is 61.2 Å². The van der Waals surface area contributed by atoms with E-state index in [0.717, 1.165) is 28.6 Å². The molecule has 0 aromatic heterocycles. The van der Waals surface area contributed by atoms with Crippen molar-refractivity contribution in [2.24, 2.45) is 5.10 Å². The molecule has 1 aliphatic rings. The number of rotatable bonds is 8. The number of carbonyl (C=O) groups is 1. The molecule has 1 saturated heterocycles. The van der Waals surface area contributed by atoms with Gasteiger partial charge in [-0.1, -0.05) is 42.5 Å². The van der Waals surface area contributed by atoms with E-state index in [9.17, 15) is 4.79 Å². The number of thioether (sulfide) groups is 2. The molecule has 0 aliphatic carbocycles. The van der Waals surface area contributed by atoms with Crippen LogP contribution in [0.25, 0.3) is 0 Å². The quantitative estimate of drug-likeness (QED) is 0.551. The molecule has 0 spiro atoms. The zero-order valence-corrected chi connectivity index (χ0v) is 16.3. The molecule has 1 atom stereocenters. The zero-order valence-electron chi connectivity index (χ0n) is 14.6. The van der Waals surface area contributed by atoms with Crippen LogP contribution in [-0.2, 0) is 10.5 Å². The van der Waals surface area contributed by atoms with E-state index in [0.29, 0.717) is 6.10 Å². The molecule has 136 valence electrons. The number of hydrazone groups is 1. The van der Waals surface area contributed by atoms with E-state index in [2.05, 4.69) is 22.7 Å². The van der Waals surface area contributed by atoms with Crippen LogP contribution in [-0.4, -0.2) is 35.0 Å². The summed E-state index contributed by atoms with van der Waals surface area (Å²) in [7, 11) is 0. The largest absolute Gasteiger partial charge is 0.489 e. The Balaban J connectivity index is 1.45. The van der Waals surface area contributed by atoms with Crippen molar-refractivity contribution < 1.29 is 9.53 Å². The van der Waals surface area contributed by atoms with Crippen molar-refractivity contribution in [3.05, 3.63) is 65.7 Å². The Bertz CT molecular complexity index is 748. The molecule has 1 N–H and O–H groups in total. The van der Waals surface area contributed by atoms with E-state index in [-0.39, 0.29) is 11.2 Å². The summed E-state index contributed by atoms with van der Waals surface area (Å²) in [6, 6.07) is 17.9. The highest BCUT2D eigenvalue weighted by Gasteiger charge is 2.19. The van der Waals surface area contributed by atoms with Crippen molar-refractivity contribution in [1.29, 1.82) is 0 Å². The molecule has 1 aliphatic heterocycles. The van der Waals surface area contributed by atoms with Gasteiger partial charge >= 0.3 is 0 Å². The minimum atomic E-state index is -0.168. The fourth-order valence-electron chi connectivity index (χ4n) is 2.28. The van der Waals surface area contributed by atoms with Crippen LogP contribution >= 0.6 is 23.5 Å². The van der Waals surface area contributed by atoms with Gasteiger partial charge in [0.1, 0.15) is 11.9 Å². The van der Waals surface area contributed by atoms with Crippen LogP contribution in [0.15, 0.2) is 59.7 Å². The molecule has 1 heterocycles. The average molecular weight is 387 g/mol. The van der Waals surface area contributed by atoms with Gasteiger partial charge in [0.2, 0.25) is 0 Å². The number of hydrogen-bond acceptors (Lipinski definition) is 5. The zero-order chi connectivity index (χ0) is 18.2. The van der Waals surface area contributed by atoms with Crippen molar-refractivity contribution in [2.75, 3.05) is 11.5 Å². The van der Waals surface area contributed by atoms with Crippen molar-refractivity contribution >= 4 is 35.6 Å². The van der Waals surface area contributed by atoms with Crippen molar-refractivity contribution in [3.63, 3.8) is 0 Å². The fraction of sp³-hybridized carbons (Fsp3) is 0.300. The minimum absolute atomic E-state index is 0.0962. The monoisotopic (exact) mass is 386 g/mol. The van der Waals surface area contributed by atoms with E-state index in [1.165, 1.54) is 5.56 Å². The molecule has 1 amide bonds. The molecule has 1 unspecified atom stereocenters. The van der Waals surface area contributed by atoms with E-state index in [4.69, 9.17) is 4.74 Å². The summed E-state index contributed by atoms with van der Waals surface area (Å²) in [4.78, 5) is 12.1. The second-order valence-corrected chi connectivity index (χ2v) is 8.43. The Labute approximate surface area is 162 Å². The van der Waals surface area contributed by atoms with Crippen LogP contribution in [0.2, 0.25) is 0 Å². The van der Waals surface area contributed by atoms with E-state index in [1.54, 1.807) is 18.0 Å². The fourth-order valence-corrected chi connectivity index (χ4v) is 3.68. The van der Waals surface area contributed by atoms with Gasteiger partial charge in [-0.15, -0.1) is 11.8 Å². The predicted molar refractivity (Wildman–Crippen MR) is 111 cm³/mol. The van der Waals surface area contributed by atoms with E-state index >= 15 is 0 Å². The van der Waals surface area contributed by atoms with Crippen LogP contribution in [0.1, 0.15) is 18.1 Å². The lowest BCUT2D eigenvalue weighted by Crippen LogP contribution is -2.31. The molecule has 2 aromatic rings. The second kappa shape index (κ2) is 9.69. The molecule has 0 bridgehead atoms. The summed E-state index contributed by atoms with van der Waals surface area (Å²) in [6.45, 7) is 1.89. The summed E-state index contributed by atoms with van der Waals surface area (Å²) < 4.78 is 5.86. The Morgan fingerprint density at radius 1 is 1.31 bits per heavy atom. The van der Waals surface area contributed by atoms with Gasteiger partial charge in [0, 0.05) is 17.3 Å². The van der Waals surface area contributed by atoms with Crippen molar-refractivity contribution in [1.82, 2.24) is 5.43 Å². The van der Waals surface area contributed by atoms with Crippen molar-refractivity contribution in [3.8, 4) is 5.75 Å². The number of nitrogens with zero attached hydrogens (tertiary/aromatic N) is 1. The Kier molecular flexibility index (Phi) is 7.03. The molecular weight excluding hydrogens is 364 g/mol. The highest BCUT2D eigenvalue weighted by molar-refractivity contribution is 8.00. The molecule has 6 heteroatoms. The molecule has 4 nitrogen and oxygen atoms in total. The summed E-state index contributed by atoms with van der Waals surface area (Å²) in [5, 5.41) is 3.91. The maximum atomic E-state index is 12.1. The van der Waals surface area contributed by atoms with Gasteiger partial charge in [0.15, 0.2) is 0 Å². The van der Waals surface area contributed by atoms with E-state index < -0.39 is 0 Å². The third-order valence-electron chi connectivity index (χ3n) is 3.87. The topological polar surface area (TPSA) is 50.7 Å². The van der Waals surface area contributed by atoms with Gasteiger partial charge in [-0.25, -0.2) is 5.43 Å². The summed E-state index contributed by atoms with van der Waals surface area (Å²) in [5.74, 6) is 3.65. The number of amides is 1. The Morgan fingerprint density at radius 3 is 2.85 bits per heavy atom. The van der Waals surface area contributed by atoms with Gasteiger partial charge in [-0.05, 0) is 30.2 Å². The molecule has 2 aromatic carbocycles. The first kappa shape index (κ1) is 18.9. The normalized spacial score (nSPS) is 15.4. The minimum Gasteiger partial charge on any atom is -0.489 e. The van der Waals surface area contributed by atoms with Gasteiger partial charge < -0.3 is 4.74 Å². The first-order valence-electron chi connectivity index (χ1n) is 8.53. The van der Waals surface area contributed by atoms with Crippen LogP contribution in [0.3, 0.4) is 0 Å². The Hall–Kier alpha value is -1.92. The molecule has 0 radical (unpaired) electrons. The Morgan fingerprint density at radius 2 is 2.12 bits per heavy atom. The lowest BCUT2D eigenvalue weighted by molar-refractivity contribution is -0.120. The molecular formula is C20H22N2O2S2. The first-order chi connectivity index (χ1) is 12.7. The average Bonchev–Trinajstić information content (AvgIpc) is 2.64. The SMILES string of the molecule is CC(SCc1ccccc1)C(=O)NN=Cc1cccc(OC2CSC2)c1. The lowest BCUT2D eigenvalue weighted by atomic mass is 10.2. The lowest BCUT2D eigenvalue weighted by Gasteiger charge is -2.25. The van der Waals surface area contributed by atoms with Gasteiger partial charge in [0.25, 0.3) is 5.91 Å².